The quantitative estimate of drug-likeness (QED) is 0.272. The first kappa shape index (κ1) is 20.2. The largest absolute Gasteiger partial charge is 0.469 e. The minimum Gasteiger partial charge on any atom is -0.469 e. The highest BCUT2D eigenvalue weighted by Gasteiger charge is 2.59. The third-order valence-electron chi connectivity index (χ3n) is 6.16. The predicted molar refractivity (Wildman–Crippen MR) is 101 cm³/mol. The number of esters is 1. The third-order valence-corrected chi connectivity index (χ3v) is 6.16. The molecule has 3 heteroatoms. The second-order valence-corrected chi connectivity index (χ2v) is 8.13. The van der Waals surface area contributed by atoms with Crippen molar-refractivity contribution in [2.75, 3.05) is 7.11 Å². The first-order chi connectivity index (χ1) is 12.1. The van der Waals surface area contributed by atoms with Crippen molar-refractivity contribution in [1.29, 1.82) is 0 Å². The highest BCUT2D eigenvalue weighted by atomic mass is 16.5. The third kappa shape index (κ3) is 5.97. The molecule has 142 valence electrons. The molecule has 5 unspecified atom stereocenters. The zero-order chi connectivity index (χ0) is 18.2. The Labute approximate surface area is 153 Å². The molecule has 0 radical (unpaired) electrons. The molecule has 2 aliphatic rings. The summed E-state index contributed by atoms with van der Waals surface area (Å²) in [4.78, 5) is 23.3. The zero-order valence-electron chi connectivity index (χ0n) is 16.3. The fourth-order valence-electron chi connectivity index (χ4n) is 4.52. The number of Topliss-reactive ketones (excluding diaryl/α,β-unsaturated/α-hetero) is 1. The van der Waals surface area contributed by atoms with Crippen LogP contribution in [0.3, 0.4) is 0 Å². The normalized spacial score (nSPS) is 29.0. The van der Waals surface area contributed by atoms with Gasteiger partial charge >= 0.3 is 5.97 Å². The molecule has 0 N–H and O–H groups in total. The number of hydrogen-bond donors (Lipinski definition) is 0. The van der Waals surface area contributed by atoms with Gasteiger partial charge in [-0.25, -0.2) is 0 Å². The van der Waals surface area contributed by atoms with Crippen LogP contribution in [-0.2, 0) is 14.3 Å². The van der Waals surface area contributed by atoms with Crippen molar-refractivity contribution in [3.63, 3.8) is 0 Å². The lowest BCUT2D eigenvalue weighted by molar-refractivity contribution is -0.140. The summed E-state index contributed by atoms with van der Waals surface area (Å²) in [5, 5.41) is 0. The fourth-order valence-corrected chi connectivity index (χ4v) is 4.52. The van der Waals surface area contributed by atoms with Crippen molar-refractivity contribution in [2.24, 2.45) is 29.6 Å². The minimum atomic E-state index is -0.116. The smallest absolute Gasteiger partial charge is 0.305 e. The summed E-state index contributed by atoms with van der Waals surface area (Å²) in [6.45, 7) is 4.55. The summed E-state index contributed by atoms with van der Waals surface area (Å²) >= 11 is 0. The van der Waals surface area contributed by atoms with Crippen molar-refractivity contribution < 1.29 is 14.3 Å². The monoisotopic (exact) mass is 348 g/mol. The van der Waals surface area contributed by atoms with Crippen LogP contribution in [0, 0.1) is 29.6 Å². The summed E-state index contributed by atoms with van der Waals surface area (Å²) in [5.41, 5.74) is 0. The Kier molecular flexibility index (Phi) is 8.18. The van der Waals surface area contributed by atoms with E-state index in [2.05, 4.69) is 30.7 Å². The molecule has 0 aromatic carbocycles. The molecule has 0 spiro atoms. The van der Waals surface area contributed by atoms with Gasteiger partial charge in [-0.2, -0.15) is 0 Å². The molecule has 25 heavy (non-hydrogen) atoms. The molecule has 0 aromatic heterocycles. The highest BCUT2D eigenvalue weighted by Crippen LogP contribution is 2.60. The van der Waals surface area contributed by atoms with Crippen LogP contribution in [0.25, 0.3) is 0 Å². The Balaban J connectivity index is 1.64. The number of methoxy groups -OCH3 is 1. The average molecular weight is 349 g/mol. The van der Waals surface area contributed by atoms with Crippen molar-refractivity contribution in [3.8, 4) is 0 Å². The molecule has 2 rings (SSSR count). The lowest BCUT2D eigenvalue weighted by Gasteiger charge is -2.12. The number of carbonyl (C=O) groups is 2. The van der Waals surface area contributed by atoms with Gasteiger partial charge in [0.25, 0.3) is 0 Å². The maximum atomic E-state index is 12.2. The molecule has 5 atom stereocenters. The van der Waals surface area contributed by atoms with Gasteiger partial charge in [0.15, 0.2) is 0 Å². The molecule has 2 fully saturated rings. The summed E-state index contributed by atoms with van der Waals surface area (Å²) in [7, 11) is 1.44. The number of hydrogen-bond acceptors (Lipinski definition) is 3. The van der Waals surface area contributed by atoms with Crippen LogP contribution in [0.4, 0.5) is 0 Å². The maximum Gasteiger partial charge on any atom is 0.305 e. The molecule has 2 aliphatic carbocycles. The van der Waals surface area contributed by atoms with Gasteiger partial charge < -0.3 is 4.74 Å². The van der Waals surface area contributed by atoms with Gasteiger partial charge in [0.05, 0.1) is 7.11 Å². The first-order valence-corrected chi connectivity index (χ1v) is 10.4. The Hall–Kier alpha value is -1.12. The molecule has 0 heterocycles. The van der Waals surface area contributed by atoms with E-state index in [1.807, 2.05) is 0 Å². The number of ether oxygens (including phenoxy) is 1. The Morgan fingerprint density at radius 1 is 1.24 bits per heavy atom. The van der Waals surface area contributed by atoms with Crippen LogP contribution < -0.4 is 0 Å². The molecular weight excluding hydrogens is 312 g/mol. The Morgan fingerprint density at radius 3 is 2.72 bits per heavy atom. The molecule has 0 amide bonds. The summed E-state index contributed by atoms with van der Waals surface area (Å²) in [6.07, 6.45) is 15.2. The first-order valence-electron chi connectivity index (χ1n) is 10.4. The summed E-state index contributed by atoms with van der Waals surface area (Å²) < 4.78 is 4.65. The number of rotatable bonds is 12. The predicted octanol–water partition coefficient (Wildman–Crippen LogP) is 5.33. The molecule has 0 bridgehead atoms. The van der Waals surface area contributed by atoms with Crippen LogP contribution in [0.15, 0.2) is 12.2 Å². The van der Waals surface area contributed by atoms with E-state index >= 15 is 0 Å². The van der Waals surface area contributed by atoms with Crippen molar-refractivity contribution in [3.05, 3.63) is 12.2 Å². The number of carbonyl (C=O) groups excluding carboxylic acids is 2. The molecule has 3 nitrogen and oxygen atoms in total. The second-order valence-electron chi connectivity index (χ2n) is 8.13. The van der Waals surface area contributed by atoms with E-state index in [1.54, 1.807) is 0 Å². The average Bonchev–Trinajstić information content (AvgIpc) is 3.17. The number of allylic oxidation sites excluding steroid dienone is 2. The highest BCUT2D eigenvalue weighted by molar-refractivity contribution is 5.85. The standard InChI is InChI=1S/C22H36O3/c1-4-5-10-16(2)13-14-17-19-15-20(23)18(22(17)19)11-8-6-7-9-12-21(24)25-3/h13-14,16-19,22H,4-12,15H2,1-3H3. The summed E-state index contributed by atoms with van der Waals surface area (Å²) in [6, 6.07) is 0. The van der Waals surface area contributed by atoms with Crippen LogP contribution in [0.2, 0.25) is 0 Å². The fraction of sp³-hybridized carbons (Fsp3) is 0.818. The molecular formula is C22H36O3. The lowest BCUT2D eigenvalue weighted by Crippen LogP contribution is -2.13. The Bertz CT molecular complexity index is 468. The maximum absolute atomic E-state index is 12.2. The van der Waals surface area contributed by atoms with E-state index in [9.17, 15) is 9.59 Å². The van der Waals surface area contributed by atoms with E-state index in [-0.39, 0.29) is 5.97 Å². The van der Waals surface area contributed by atoms with E-state index in [0.717, 1.165) is 38.5 Å². The van der Waals surface area contributed by atoms with E-state index in [1.165, 1.54) is 26.4 Å². The topological polar surface area (TPSA) is 43.4 Å². The van der Waals surface area contributed by atoms with E-state index in [4.69, 9.17) is 0 Å². The van der Waals surface area contributed by atoms with Crippen LogP contribution in [0.1, 0.15) is 78.1 Å². The number of ketones is 1. The molecule has 2 saturated carbocycles. The van der Waals surface area contributed by atoms with Crippen molar-refractivity contribution >= 4 is 11.8 Å². The second kappa shape index (κ2) is 10.1. The molecule has 0 saturated heterocycles. The van der Waals surface area contributed by atoms with Crippen LogP contribution >= 0.6 is 0 Å². The van der Waals surface area contributed by atoms with Gasteiger partial charge in [0.2, 0.25) is 0 Å². The van der Waals surface area contributed by atoms with Crippen molar-refractivity contribution in [1.82, 2.24) is 0 Å². The van der Waals surface area contributed by atoms with Gasteiger partial charge in [0, 0.05) is 18.8 Å². The van der Waals surface area contributed by atoms with Gasteiger partial charge in [-0.05, 0) is 42.9 Å². The number of unbranched alkanes of at least 4 members (excludes halogenated alkanes) is 4. The number of fused-ring (bicyclic) bond motifs is 1. The van der Waals surface area contributed by atoms with Gasteiger partial charge in [0.1, 0.15) is 5.78 Å². The zero-order valence-corrected chi connectivity index (χ0v) is 16.3. The van der Waals surface area contributed by atoms with Crippen LogP contribution in [-0.4, -0.2) is 18.9 Å². The lowest BCUT2D eigenvalue weighted by atomic mass is 9.92. The van der Waals surface area contributed by atoms with Crippen LogP contribution in [0.5, 0.6) is 0 Å². The van der Waals surface area contributed by atoms with Gasteiger partial charge in [-0.3, -0.25) is 9.59 Å². The van der Waals surface area contributed by atoms with E-state index < -0.39 is 0 Å². The van der Waals surface area contributed by atoms with Gasteiger partial charge in [-0.1, -0.05) is 58.1 Å². The van der Waals surface area contributed by atoms with Gasteiger partial charge in [-0.15, -0.1) is 0 Å². The molecule has 0 aliphatic heterocycles. The molecule has 0 aromatic rings. The SMILES string of the molecule is CCCCC(C)C=CC1C2CC(=O)C(CCCCCCC(=O)OC)C12. The Morgan fingerprint density at radius 2 is 2.00 bits per heavy atom. The summed E-state index contributed by atoms with van der Waals surface area (Å²) in [5.74, 6) is 3.33. The van der Waals surface area contributed by atoms with E-state index in [0.29, 0.717) is 41.8 Å². The minimum absolute atomic E-state index is 0.116. The van der Waals surface area contributed by atoms with Crippen molar-refractivity contribution in [2.45, 2.75) is 78.1 Å².